The van der Waals surface area contributed by atoms with Crippen molar-refractivity contribution in [2.75, 3.05) is 39.5 Å². The molecule has 0 spiro atoms. The van der Waals surface area contributed by atoms with Gasteiger partial charge in [0.2, 0.25) is 0 Å². The quantitative estimate of drug-likeness (QED) is 0.259. The lowest BCUT2D eigenvalue weighted by atomic mass is 9.84. The van der Waals surface area contributed by atoms with E-state index < -0.39 is 0 Å². The Bertz CT molecular complexity index is 590. The van der Waals surface area contributed by atoms with Gasteiger partial charge in [0.1, 0.15) is 5.75 Å². The highest BCUT2D eigenvalue weighted by Crippen LogP contribution is 2.31. The average Bonchev–Trinajstić information content (AvgIpc) is 3.12. The molecule has 6 nitrogen and oxygen atoms in total. The van der Waals surface area contributed by atoms with Gasteiger partial charge < -0.3 is 25.2 Å². The van der Waals surface area contributed by atoms with Gasteiger partial charge in [0.15, 0.2) is 5.96 Å². The van der Waals surface area contributed by atoms with Crippen LogP contribution < -0.4 is 15.4 Å². The van der Waals surface area contributed by atoms with E-state index in [1.807, 2.05) is 18.2 Å². The Balaban J connectivity index is 0.00000392. The maximum absolute atomic E-state index is 9.38. The van der Waals surface area contributed by atoms with Crippen LogP contribution in [0.4, 0.5) is 0 Å². The molecule has 1 unspecified atom stereocenters. The zero-order valence-corrected chi connectivity index (χ0v) is 19.7. The minimum atomic E-state index is -0.00442. The summed E-state index contributed by atoms with van der Waals surface area (Å²) in [6.07, 6.45) is 1.71. The molecule has 0 bridgehead atoms. The fourth-order valence-corrected chi connectivity index (χ4v) is 3.09. The fourth-order valence-electron chi connectivity index (χ4n) is 3.09. The minimum absolute atomic E-state index is 0. The minimum Gasteiger partial charge on any atom is -0.493 e. The van der Waals surface area contributed by atoms with Crippen molar-refractivity contribution >= 4 is 29.9 Å². The predicted octanol–water partition coefficient (Wildman–Crippen LogP) is 3.18. The van der Waals surface area contributed by atoms with Gasteiger partial charge in [-0.1, -0.05) is 26.0 Å². The van der Waals surface area contributed by atoms with Crippen molar-refractivity contribution in [1.29, 1.82) is 0 Å². The van der Waals surface area contributed by atoms with Crippen LogP contribution in [0.2, 0.25) is 0 Å². The van der Waals surface area contributed by atoms with E-state index in [0.29, 0.717) is 25.7 Å². The van der Waals surface area contributed by atoms with Gasteiger partial charge in [-0.2, -0.15) is 0 Å². The van der Waals surface area contributed by atoms with Crippen LogP contribution in [0, 0.1) is 11.3 Å². The zero-order chi connectivity index (χ0) is 19.5. The van der Waals surface area contributed by atoms with Crippen molar-refractivity contribution in [3.05, 3.63) is 29.8 Å². The number of ether oxygens (including phenoxy) is 2. The number of hydrogen-bond acceptors (Lipinski definition) is 4. The van der Waals surface area contributed by atoms with Gasteiger partial charge in [-0.3, -0.25) is 0 Å². The molecule has 1 aromatic rings. The smallest absolute Gasteiger partial charge is 0.191 e. The Morgan fingerprint density at radius 3 is 2.82 bits per heavy atom. The Hall–Kier alpha value is -1.06. The van der Waals surface area contributed by atoms with Crippen LogP contribution in [0.1, 0.15) is 39.2 Å². The standard InChI is InChI=1S/C21H35N3O3.HI/c1-4-22-20(24-15-21(8-10-25)9-11-26-16-21)23-13-18-6-5-7-19(12-18)27-14-17(2)3;/h5-7,12,17,25H,4,8-11,13-16H2,1-3H3,(H2,22,23,24);1H. The van der Waals surface area contributed by atoms with E-state index in [4.69, 9.17) is 14.5 Å². The van der Waals surface area contributed by atoms with Crippen LogP contribution in [0.5, 0.6) is 5.75 Å². The molecule has 0 radical (unpaired) electrons. The molecule has 0 aromatic heterocycles. The Morgan fingerprint density at radius 2 is 2.18 bits per heavy atom. The topological polar surface area (TPSA) is 75.1 Å². The molecule has 3 N–H and O–H groups in total. The second-order valence-corrected chi connectivity index (χ2v) is 7.68. The largest absolute Gasteiger partial charge is 0.493 e. The third-order valence-corrected chi connectivity index (χ3v) is 4.70. The normalized spacial score (nSPS) is 19.4. The molecule has 2 rings (SSSR count). The van der Waals surface area contributed by atoms with Gasteiger partial charge in [0.25, 0.3) is 0 Å². The van der Waals surface area contributed by atoms with Gasteiger partial charge in [-0.25, -0.2) is 4.99 Å². The van der Waals surface area contributed by atoms with Crippen LogP contribution in [0.25, 0.3) is 0 Å². The van der Waals surface area contributed by atoms with E-state index in [9.17, 15) is 5.11 Å². The van der Waals surface area contributed by atoms with E-state index >= 15 is 0 Å². The maximum Gasteiger partial charge on any atom is 0.191 e. The average molecular weight is 505 g/mol. The maximum atomic E-state index is 9.38. The molecule has 1 heterocycles. The van der Waals surface area contributed by atoms with Crippen LogP contribution >= 0.6 is 24.0 Å². The molecule has 28 heavy (non-hydrogen) atoms. The van der Waals surface area contributed by atoms with E-state index in [-0.39, 0.29) is 36.0 Å². The summed E-state index contributed by atoms with van der Waals surface area (Å²) in [5.41, 5.74) is 1.11. The summed E-state index contributed by atoms with van der Waals surface area (Å²) in [5, 5.41) is 16.1. The van der Waals surface area contributed by atoms with Gasteiger partial charge >= 0.3 is 0 Å². The molecule has 1 atom stereocenters. The van der Waals surface area contributed by atoms with Crippen molar-refractivity contribution < 1.29 is 14.6 Å². The van der Waals surface area contributed by atoms with Crippen molar-refractivity contribution in [3.8, 4) is 5.75 Å². The Morgan fingerprint density at radius 1 is 1.36 bits per heavy atom. The number of benzene rings is 1. The number of aliphatic hydroxyl groups is 1. The fraction of sp³-hybridized carbons (Fsp3) is 0.667. The molecular weight excluding hydrogens is 469 g/mol. The van der Waals surface area contributed by atoms with Gasteiger partial charge in [-0.05, 0) is 43.4 Å². The highest BCUT2D eigenvalue weighted by Gasteiger charge is 2.34. The SMILES string of the molecule is CCNC(=NCc1cccc(OCC(C)C)c1)NCC1(CCO)CCOC1.I. The molecule has 0 aliphatic carbocycles. The summed E-state index contributed by atoms with van der Waals surface area (Å²) in [4.78, 5) is 4.71. The first-order valence-corrected chi connectivity index (χ1v) is 9.99. The molecule has 0 amide bonds. The van der Waals surface area contributed by atoms with E-state index in [2.05, 4.69) is 37.5 Å². The molecule has 1 aliphatic heterocycles. The number of nitrogens with zero attached hydrogens (tertiary/aromatic N) is 1. The van der Waals surface area contributed by atoms with Crippen LogP contribution in [-0.4, -0.2) is 50.6 Å². The summed E-state index contributed by atoms with van der Waals surface area (Å²) in [6.45, 7) is 10.8. The molecule has 1 fully saturated rings. The van der Waals surface area contributed by atoms with E-state index in [1.165, 1.54) is 0 Å². The van der Waals surface area contributed by atoms with Crippen molar-refractivity contribution in [3.63, 3.8) is 0 Å². The molecule has 0 saturated carbocycles. The number of halogens is 1. The number of hydrogen-bond donors (Lipinski definition) is 3. The van der Waals surface area contributed by atoms with Gasteiger partial charge in [0.05, 0.1) is 19.8 Å². The second-order valence-electron chi connectivity index (χ2n) is 7.68. The van der Waals surface area contributed by atoms with Crippen molar-refractivity contribution in [2.45, 2.75) is 40.2 Å². The summed E-state index contributed by atoms with van der Waals surface area (Å²) < 4.78 is 11.4. The van der Waals surface area contributed by atoms with Crippen LogP contribution in [0.15, 0.2) is 29.3 Å². The molecule has 1 aliphatic rings. The first-order chi connectivity index (χ1) is 13.1. The summed E-state index contributed by atoms with van der Waals surface area (Å²) >= 11 is 0. The highest BCUT2D eigenvalue weighted by atomic mass is 127. The molecule has 1 aromatic carbocycles. The van der Waals surface area contributed by atoms with Gasteiger partial charge in [-0.15, -0.1) is 24.0 Å². The lowest BCUT2D eigenvalue weighted by Gasteiger charge is -2.27. The Kier molecular flexibility index (Phi) is 11.8. The molecule has 1 saturated heterocycles. The van der Waals surface area contributed by atoms with Crippen LogP contribution in [-0.2, 0) is 11.3 Å². The zero-order valence-electron chi connectivity index (χ0n) is 17.4. The Labute approximate surface area is 186 Å². The number of rotatable bonds is 10. The van der Waals surface area contributed by atoms with Crippen molar-refractivity contribution in [2.24, 2.45) is 16.3 Å². The summed E-state index contributed by atoms with van der Waals surface area (Å²) in [6, 6.07) is 8.10. The van der Waals surface area contributed by atoms with Crippen LogP contribution in [0.3, 0.4) is 0 Å². The summed E-state index contributed by atoms with van der Waals surface area (Å²) in [7, 11) is 0. The molecule has 7 heteroatoms. The lowest BCUT2D eigenvalue weighted by molar-refractivity contribution is 0.127. The van der Waals surface area contributed by atoms with E-state index in [0.717, 1.165) is 49.8 Å². The lowest BCUT2D eigenvalue weighted by Crippen LogP contribution is -2.44. The van der Waals surface area contributed by atoms with E-state index in [1.54, 1.807) is 0 Å². The number of aliphatic hydroxyl groups excluding tert-OH is 1. The first kappa shape index (κ1) is 25.0. The third kappa shape index (κ3) is 8.53. The van der Waals surface area contributed by atoms with Gasteiger partial charge in [0, 0.05) is 31.7 Å². The third-order valence-electron chi connectivity index (χ3n) is 4.70. The summed E-state index contributed by atoms with van der Waals surface area (Å²) in [5.74, 6) is 2.18. The number of guanidine groups is 1. The second kappa shape index (κ2) is 13.2. The molecule has 160 valence electrons. The highest BCUT2D eigenvalue weighted by molar-refractivity contribution is 14.0. The monoisotopic (exact) mass is 505 g/mol. The number of aliphatic imine (C=N–C) groups is 1. The van der Waals surface area contributed by atoms with Crippen molar-refractivity contribution in [1.82, 2.24) is 10.6 Å². The number of nitrogens with one attached hydrogen (secondary N) is 2. The predicted molar refractivity (Wildman–Crippen MR) is 125 cm³/mol. The molecular formula is C21H36IN3O3. The first-order valence-electron chi connectivity index (χ1n) is 9.99.